The molecule has 2 amide bonds. The molecule has 1 aromatic rings. The molecule has 25 heavy (non-hydrogen) atoms. The fraction of sp³-hybridized carbons (Fsp3) is 0.632. The lowest BCUT2D eigenvalue weighted by Crippen LogP contribution is -2.53. The summed E-state index contributed by atoms with van der Waals surface area (Å²) in [6.45, 7) is 6.48. The minimum atomic E-state index is -0.249. The fourth-order valence-electron chi connectivity index (χ4n) is 3.39. The van der Waals surface area contributed by atoms with E-state index >= 15 is 0 Å². The van der Waals surface area contributed by atoms with Gasteiger partial charge in [-0.15, -0.1) is 0 Å². The van der Waals surface area contributed by atoms with Crippen LogP contribution in [0.1, 0.15) is 31.7 Å². The Balaban J connectivity index is 1.58. The first-order valence-corrected chi connectivity index (χ1v) is 9.24. The fourth-order valence-corrected chi connectivity index (χ4v) is 3.39. The molecule has 1 aliphatic heterocycles. The molecule has 5 nitrogen and oxygen atoms in total. The number of amides is 2. The molecule has 1 N–H and O–H groups in total. The highest BCUT2D eigenvalue weighted by Crippen LogP contribution is 2.27. The zero-order valence-electron chi connectivity index (χ0n) is 14.9. The third kappa shape index (κ3) is 4.92. The Kier molecular flexibility index (Phi) is 6.26. The molecular weight excluding hydrogens is 321 g/mol. The second-order valence-electron chi connectivity index (χ2n) is 7.07. The summed E-state index contributed by atoms with van der Waals surface area (Å²) in [5, 5.41) is 3.10. The van der Waals surface area contributed by atoms with Gasteiger partial charge >= 0.3 is 6.03 Å². The maximum atomic E-state index is 14.0. The van der Waals surface area contributed by atoms with Crippen LogP contribution in [0, 0.1) is 5.82 Å². The zero-order valence-corrected chi connectivity index (χ0v) is 14.9. The van der Waals surface area contributed by atoms with Crippen LogP contribution in [0.4, 0.5) is 9.18 Å². The number of carbonyl (C=O) groups is 1. The molecule has 0 aromatic heterocycles. The van der Waals surface area contributed by atoms with E-state index in [1.165, 1.54) is 6.07 Å². The maximum Gasteiger partial charge on any atom is 0.318 e. The van der Waals surface area contributed by atoms with Gasteiger partial charge in [-0.25, -0.2) is 9.18 Å². The van der Waals surface area contributed by atoms with Gasteiger partial charge in [-0.05, 0) is 32.3 Å². The first-order chi connectivity index (χ1) is 12.1. The smallest absolute Gasteiger partial charge is 0.318 e. The quantitative estimate of drug-likeness (QED) is 0.859. The van der Waals surface area contributed by atoms with E-state index in [0.29, 0.717) is 12.1 Å². The number of carbonyl (C=O) groups excluding carboxylic acids is 1. The van der Waals surface area contributed by atoms with E-state index in [1.54, 1.807) is 17.0 Å². The molecule has 1 saturated heterocycles. The SMILES string of the molecule is C[C@@H](CN1CCOCC1)NC(=O)N(Cc1ccccc1F)C1CCC1. The molecule has 1 heterocycles. The van der Waals surface area contributed by atoms with Gasteiger partial charge in [0.2, 0.25) is 0 Å². The lowest BCUT2D eigenvalue weighted by atomic mass is 9.91. The van der Waals surface area contributed by atoms with Crippen LogP contribution < -0.4 is 5.32 Å². The van der Waals surface area contributed by atoms with Gasteiger partial charge in [0.15, 0.2) is 0 Å². The van der Waals surface area contributed by atoms with Crippen molar-refractivity contribution in [2.24, 2.45) is 0 Å². The molecule has 3 rings (SSSR count). The highest BCUT2D eigenvalue weighted by atomic mass is 19.1. The maximum absolute atomic E-state index is 14.0. The summed E-state index contributed by atoms with van der Waals surface area (Å²) in [6.07, 6.45) is 3.13. The van der Waals surface area contributed by atoms with Crippen LogP contribution in [0.25, 0.3) is 0 Å². The van der Waals surface area contributed by atoms with Gasteiger partial charge in [-0.3, -0.25) is 4.90 Å². The van der Waals surface area contributed by atoms with Gasteiger partial charge in [0.1, 0.15) is 5.82 Å². The van der Waals surface area contributed by atoms with Crippen LogP contribution in [0.5, 0.6) is 0 Å². The summed E-state index contributed by atoms with van der Waals surface area (Å²) in [5.41, 5.74) is 0.574. The molecule has 2 fully saturated rings. The van der Waals surface area contributed by atoms with E-state index in [1.807, 2.05) is 13.0 Å². The first kappa shape index (κ1) is 18.1. The van der Waals surface area contributed by atoms with Gasteiger partial charge < -0.3 is 15.0 Å². The number of nitrogens with one attached hydrogen (secondary N) is 1. The molecule has 0 bridgehead atoms. The van der Waals surface area contributed by atoms with E-state index < -0.39 is 0 Å². The summed E-state index contributed by atoms with van der Waals surface area (Å²) in [5.74, 6) is -0.249. The molecule has 138 valence electrons. The highest BCUT2D eigenvalue weighted by molar-refractivity contribution is 5.75. The van der Waals surface area contributed by atoms with Crippen molar-refractivity contribution in [3.05, 3.63) is 35.6 Å². The lowest BCUT2D eigenvalue weighted by Gasteiger charge is -2.38. The number of ether oxygens (including phenoxy) is 1. The van der Waals surface area contributed by atoms with Crippen LogP contribution in [-0.2, 0) is 11.3 Å². The molecule has 0 radical (unpaired) electrons. The third-order valence-corrected chi connectivity index (χ3v) is 5.08. The molecular formula is C19H28FN3O2. The summed E-state index contributed by atoms with van der Waals surface area (Å²) in [4.78, 5) is 16.9. The molecule has 1 saturated carbocycles. The second kappa shape index (κ2) is 8.63. The Labute approximate surface area is 149 Å². The Morgan fingerprint density at radius 1 is 1.36 bits per heavy atom. The normalized spacial score (nSPS) is 19.9. The minimum Gasteiger partial charge on any atom is -0.379 e. The molecule has 2 aliphatic rings. The van der Waals surface area contributed by atoms with Gasteiger partial charge in [0.25, 0.3) is 0 Å². The number of hydrogen-bond donors (Lipinski definition) is 1. The van der Waals surface area contributed by atoms with Crippen LogP contribution in [-0.4, -0.2) is 60.8 Å². The number of hydrogen-bond acceptors (Lipinski definition) is 3. The van der Waals surface area contributed by atoms with Crippen LogP contribution in [0.2, 0.25) is 0 Å². The van der Waals surface area contributed by atoms with Crippen LogP contribution >= 0.6 is 0 Å². The molecule has 0 unspecified atom stereocenters. The van der Waals surface area contributed by atoms with E-state index in [9.17, 15) is 9.18 Å². The second-order valence-corrected chi connectivity index (χ2v) is 7.07. The van der Waals surface area contributed by atoms with Crippen molar-refractivity contribution in [3.8, 4) is 0 Å². The summed E-state index contributed by atoms with van der Waals surface area (Å²) in [6, 6.07) is 6.88. The summed E-state index contributed by atoms with van der Waals surface area (Å²) in [7, 11) is 0. The minimum absolute atomic E-state index is 0.0498. The van der Waals surface area contributed by atoms with Gasteiger partial charge in [-0.2, -0.15) is 0 Å². The largest absolute Gasteiger partial charge is 0.379 e. The lowest BCUT2D eigenvalue weighted by molar-refractivity contribution is 0.0343. The van der Waals surface area contributed by atoms with Crippen molar-refractivity contribution in [1.29, 1.82) is 0 Å². The van der Waals surface area contributed by atoms with Crippen molar-refractivity contribution >= 4 is 6.03 Å². The van der Waals surface area contributed by atoms with Crippen LogP contribution in [0.15, 0.2) is 24.3 Å². The topological polar surface area (TPSA) is 44.8 Å². The molecule has 1 atom stereocenters. The van der Waals surface area contributed by atoms with Gasteiger partial charge in [-0.1, -0.05) is 18.2 Å². The zero-order chi connectivity index (χ0) is 17.6. The van der Waals surface area contributed by atoms with E-state index in [2.05, 4.69) is 10.2 Å². The van der Waals surface area contributed by atoms with Crippen LogP contribution in [0.3, 0.4) is 0 Å². The average molecular weight is 349 g/mol. The Bertz CT molecular complexity index is 574. The standard InChI is InChI=1S/C19H28FN3O2/c1-15(13-22-9-11-25-12-10-22)21-19(24)23(17-6-4-7-17)14-16-5-2-3-8-18(16)20/h2-3,5,8,15,17H,4,6-7,9-14H2,1H3,(H,21,24)/t15-/m0/s1. The van der Waals surface area contributed by atoms with Crippen molar-refractivity contribution in [2.45, 2.75) is 44.8 Å². The number of nitrogens with zero attached hydrogens (tertiary/aromatic N) is 2. The van der Waals surface area contributed by atoms with Gasteiger partial charge in [0.05, 0.1) is 19.8 Å². The molecule has 6 heteroatoms. The van der Waals surface area contributed by atoms with E-state index in [-0.39, 0.29) is 23.9 Å². The number of benzene rings is 1. The average Bonchev–Trinajstić information content (AvgIpc) is 2.55. The first-order valence-electron chi connectivity index (χ1n) is 9.24. The Morgan fingerprint density at radius 3 is 2.72 bits per heavy atom. The highest BCUT2D eigenvalue weighted by Gasteiger charge is 2.30. The number of morpholine rings is 1. The van der Waals surface area contributed by atoms with Crippen molar-refractivity contribution < 1.29 is 13.9 Å². The molecule has 1 aliphatic carbocycles. The Hall–Kier alpha value is -1.66. The summed E-state index contributed by atoms with van der Waals surface area (Å²) >= 11 is 0. The third-order valence-electron chi connectivity index (χ3n) is 5.08. The predicted molar refractivity (Wildman–Crippen MR) is 94.8 cm³/mol. The van der Waals surface area contributed by atoms with Gasteiger partial charge in [0, 0.05) is 37.3 Å². The number of rotatable bonds is 6. The molecule has 1 aromatic carbocycles. The van der Waals surface area contributed by atoms with E-state index in [4.69, 9.17) is 4.74 Å². The molecule has 0 spiro atoms. The monoisotopic (exact) mass is 349 g/mol. The Morgan fingerprint density at radius 2 is 2.08 bits per heavy atom. The van der Waals surface area contributed by atoms with Crippen molar-refractivity contribution in [1.82, 2.24) is 15.1 Å². The number of urea groups is 1. The van der Waals surface area contributed by atoms with E-state index in [0.717, 1.165) is 52.1 Å². The number of halogens is 1. The van der Waals surface area contributed by atoms with Crippen molar-refractivity contribution in [2.75, 3.05) is 32.8 Å². The summed E-state index contributed by atoms with van der Waals surface area (Å²) < 4.78 is 19.4. The predicted octanol–water partition coefficient (Wildman–Crippen LogP) is 2.61. The van der Waals surface area contributed by atoms with Crippen molar-refractivity contribution in [3.63, 3.8) is 0 Å².